The number of aromatic nitrogens is 1. The second kappa shape index (κ2) is 6.33. The molecule has 0 bridgehead atoms. The van der Waals surface area contributed by atoms with Crippen LogP contribution in [-0.4, -0.2) is 24.0 Å². The van der Waals surface area contributed by atoms with E-state index in [1.807, 2.05) is 6.07 Å². The Labute approximate surface area is 125 Å². The van der Waals surface area contributed by atoms with Crippen molar-refractivity contribution >= 4 is 28.4 Å². The van der Waals surface area contributed by atoms with Gasteiger partial charge in [-0.05, 0) is 11.6 Å². The van der Waals surface area contributed by atoms with Crippen LogP contribution in [0.3, 0.4) is 0 Å². The highest BCUT2D eigenvalue weighted by atomic mass is 32.1. The van der Waals surface area contributed by atoms with Gasteiger partial charge in [-0.3, -0.25) is 0 Å². The summed E-state index contributed by atoms with van der Waals surface area (Å²) in [5.74, 6) is -0.491. The summed E-state index contributed by atoms with van der Waals surface area (Å²) in [5, 5.41) is 2.24. The molecule has 2 rings (SSSR count). The molecule has 110 valence electrons. The van der Waals surface area contributed by atoms with Crippen molar-refractivity contribution in [1.29, 1.82) is 0 Å². The predicted molar refractivity (Wildman–Crippen MR) is 82.3 cm³/mol. The largest absolute Gasteiger partial charge is 0.465 e. The van der Waals surface area contributed by atoms with E-state index in [1.165, 1.54) is 18.4 Å². The number of carbonyl (C=O) groups is 1. The van der Waals surface area contributed by atoms with Gasteiger partial charge in [0.15, 0.2) is 5.96 Å². The van der Waals surface area contributed by atoms with E-state index in [9.17, 15) is 4.79 Å². The quantitative estimate of drug-likeness (QED) is 0.438. The molecule has 1 aromatic carbocycles. The number of nitrogens with two attached hydrogens (primary N) is 3. The molecule has 0 atom stereocenters. The van der Waals surface area contributed by atoms with E-state index in [4.69, 9.17) is 21.9 Å². The molecular weight excluding hydrogens is 290 g/mol. The number of esters is 1. The van der Waals surface area contributed by atoms with Crippen LogP contribution in [0.2, 0.25) is 0 Å². The fourth-order valence-corrected chi connectivity index (χ4v) is 2.60. The van der Waals surface area contributed by atoms with E-state index >= 15 is 0 Å². The van der Waals surface area contributed by atoms with Gasteiger partial charge in [-0.25, -0.2) is 9.78 Å². The Morgan fingerprint density at radius 2 is 2.19 bits per heavy atom. The first-order valence-corrected chi connectivity index (χ1v) is 6.90. The maximum Gasteiger partial charge on any atom is 0.338 e. The normalized spacial score (nSPS) is 10.2. The van der Waals surface area contributed by atoms with Gasteiger partial charge in [0.2, 0.25) is 5.13 Å². The monoisotopic (exact) mass is 305 g/mol. The smallest absolute Gasteiger partial charge is 0.338 e. The Morgan fingerprint density at radius 1 is 1.43 bits per heavy atom. The summed E-state index contributed by atoms with van der Waals surface area (Å²) in [6, 6.07) is 5.25. The van der Waals surface area contributed by atoms with Crippen LogP contribution in [-0.2, 0) is 11.3 Å². The Morgan fingerprint density at radius 3 is 2.81 bits per heavy atom. The highest BCUT2D eigenvalue weighted by Crippen LogP contribution is 2.30. The number of carbonyl (C=O) groups excluding carboxylic acids is 1. The maximum atomic E-state index is 11.8. The highest BCUT2D eigenvalue weighted by molar-refractivity contribution is 7.13. The fraction of sp³-hybridized carbons (Fsp3) is 0.154. The lowest BCUT2D eigenvalue weighted by Gasteiger charge is -2.10. The molecule has 0 saturated carbocycles. The minimum absolute atomic E-state index is 0.0572. The molecule has 0 amide bonds. The van der Waals surface area contributed by atoms with Gasteiger partial charge in [0.05, 0.1) is 18.4 Å². The number of benzene rings is 1. The van der Waals surface area contributed by atoms with Crippen molar-refractivity contribution in [2.75, 3.05) is 7.11 Å². The van der Waals surface area contributed by atoms with Crippen molar-refractivity contribution in [2.45, 2.75) is 6.54 Å². The zero-order valence-corrected chi connectivity index (χ0v) is 12.2. The average molecular weight is 305 g/mol. The number of rotatable bonds is 4. The first-order chi connectivity index (χ1) is 10.1. The van der Waals surface area contributed by atoms with Crippen molar-refractivity contribution in [3.63, 3.8) is 0 Å². The third-order valence-corrected chi connectivity index (χ3v) is 3.51. The first kappa shape index (κ1) is 14.9. The van der Waals surface area contributed by atoms with E-state index < -0.39 is 5.97 Å². The maximum absolute atomic E-state index is 11.8. The number of ether oxygens (including phenoxy) is 1. The molecule has 2 aromatic rings. The van der Waals surface area contributed by atoms with Crippen LogP contribution in [0.1, 0.15) is 15.9 Å². The standard InChI is InChI=1S/C13H15N5O2S/c1-20-11(19)8-4-2-3-7(9(8)5-14)10-6-21-13(17-10)18-12(15)16/h2-4,6H,5,14H2,1H3,(H4,15,16,17,18). The number of guanidine groups is 1. The molecule has 0 saturated heterocycles. The van der Waals surface area contributed by atoms with Crippen LogP contribution >= 0.6 is 11.3 Å². The van der Waals surface area contributed by atoms with Crippen LogP contribution in [0.15, 0.2) is 28.6 Å². The minimum atomic E-state index is -0.433. The first-order valence-electron chi connectivity index (χ1n) is 6.02. The summed E-state index contributed by atoms with van der Waals surface area (Å²) >= 11 is 1.30. The Kier molecular flexibility index (Phi) is 4.51. The van der Waals surface area contributed by atoms with Gasteiger partial charge in [0.25, 0.3) is 0 Å². The molecule has 0 spiro atoms. The summed E-state index contributed by atoms with van der Waals surface area (Å²) < 4.78 is 4.76. The summed E-state index contributed by atoms with van der Waals surface area (Å²) in [6.45, 7) is 0.190. The van der Waals surface area contributed by atoms with Gasteiger partial charge in [-0.1, -0.05) is 12.1 Å². The number of methoxy groups -OCH3 is 1. The summed E-state index contributed by atoms with van der Waals surface area (Å²) in [7, 11) is 1.33. The number of aliphatic imine (C=N–C) groups is 1. The van der Waals surface area contributed by atoms with Gasteiger partial charge >= 0.3 is 5.97 Å². The van der Waals surface area contributed by atoms with Crippen LogP contribution in [0.25, 0.3) is 11.3 Å². The molecule has 0 aliphatic heterocycles. The van der Waals surface area contributed by atoms with Gasteiger partial charge in [-0.15, -0.1) is 11.3 Å². The molecule has 1 aromatic heterocycles. The Hall–Kier alpha value is -2.45. The SMILES string of the molecule is COC(=O)c1cccc(-c2csc(N=C(N)N)n2)c1CN. The topological polar surface area (TPSA) is 130 Å². The lowest BCUT2D eigenvalue weighted by atomic mass is 9.99. The molecule has 0 unspecified atom stereocenters. The van der Waals surface area contributed by atoms with E-state index in [1.54, 1.807) is 17.5 Å². The van der Waals surface area contributed by atoms with E-state index in [0.29, 0.717) is 22.0 Å². The average Bonchev–Trinajstić information content (AvgIpc) is 2.92. The molecule has 0 radical (unpaired) electrons. The van der Waals surface area contributed by atoms with Crippen LogP contribution in [0.5, 0.6) is 0 Å². The van der Waals surface area contributed by atoms with Crippen LogP contribution in [0.4, 0.5) is 5.13 Å². The predicted octanol–water partition coefficient (Wildman–Crippen LogP) is 0.960. The second-order valence-electron chi connectivity index (χ2n) is 4.08. The third-order valence-electron chi connectivity index (χ3n) is 2.78. The molecule has 6 N–H and O–H groups in total. The number of thiazole rings is 1. The summed E-state index contributed by atoms with van der Waals surface area (Å²) in [4.78, 5) is 20.0. The molecule has 0 aliphatic rings. The van der Waals surface area contributed by atoms with E-state index in [0.717, 1.165) is 5.56 Å². The fourth-order valence-electron chi connectivity index (χ4n) is 1.90. The number of hydrogen-bond acceptors (Lipinski definition) is 6. The van der Waals surface area contributed by atoms with Crippen molar-refractivity contribution in [3.8, 4) is 11.3 Å². The van der Waals surface area contributed by atoms with E-state index in [-0.39, 0.29) is 12.5 Å². The Balaban J connectivity index is 2.51. The number of hydrogen-bond donors (Lipinski definition) is 3. The lowest BCUT2D eigenvalue weighted by molar-refractivity contribution is 0.0599. The van der Waals surface area contributed by atoms with Gasteiger partial charge in [-0.2, -0.15) is 4.99 Å². The van der Waals surface area contributed by atoms with Gasteiger partial charge < -0.3 is 21.9 Å². The third kappa shape index (κ3) is 3.18. The van der Waals surface area contributed by atoms with Crippen molar-refractivity contribution < 1.29 is 9.53 Å². The molecule has 8 heteroatoms. The van der Waals surface area contributed by atoms with Crippen LogP contribution < -0.4 is 17.2 Å². The van der Waals surface area contributed by atoms with Gasteiger partial charge in [0, 0.05) is 17.5 Å². The number of nitrogens with zero attached hydrogens (tertiary/aromatic N) is 2. The minimum Gasteiger partial charge on any atom is -0.465 e. The molecule has 0 fully saturated rings. The lowest BCUT2D eigenvalue weighted by Crippen LogP contribution is -2.21. The molecular formula is C13H15N5O2S. The second-order valence-corrected chi connectivity index (χ2v) is 4.92. The summed E-state index contributed by atoms with van der Waals surface area (Å²) in [6.07, 6.45) is 0. The summed E-state index contributed by atoms with van der Waals surface area (Å²) in [5.41, 5.74) is 18.9. The van der Waals surface area contributed by atoms with Crippen LogP contribution in [0, 0.1) is 0 Å². The highest BCUT2D eigenvalue weighted by Gasteiger charge is 2.16. The molecule has 0 aliphatic carbocycles. The van der Waals surface area contributed by atoms with Crippen molar-refractivity contribution in [2.24, 2.45) is 22.2 Å². The molecule has 21 heavy (non-hydrogen) atoms. The zero-order chi connectivity index (χ0) is 15.4. The molecule has 1 heterocycles. The zero-order valence-electron chi connectivity index (χ0n) is 11.4. The van der Waals surface area contributed by atoms with Gasteiger partial charge in [0.1, 0.15) is 0 Å². The Bertz CT molecular complexity index is 692. The molecule has 7 nitrogen and oxygen atoms in total. The van der Waals surface area contributed by atoms with E-state index in [2.05, 4.69) is 9.98 Å². The van der Waals surface area contributed by atoms with Crippen molar-refractivity contribution in [1.82, 2.24) is 4.98 Å². The van der Waals surface area contributed by atoms with Crippen molar-refractivity contribution in [3.05, 3.63) is 34.7 Å².